The zero-order chi connectivity index (χ0) is 17.4. The second-order valence-corrected chi connectivity index (χ2v) is 7.74. The molecule has 1 atom stereocenters. The molecule has 2 heteroatoms. The largest absolute Gasteiger partial charge is 0.870 e. The van der Waals surface area contributed by atoms with Crippen LogP contribution in [-0.4, -0.2) is 35.6 Å². The fraction of sp³-hybridized carbons (Fsp3) is 1.00. The number of unbranched alkanes of at least 4 members (excludes halogenated alkanes) is 6. The van der Waals surface area contributed by atoms with Crippen LogP contribution in [0.2, 0.25) is 0 Å². The SMILES string of the molecule is CCCCCCC(CCC)[N+](CCCC)(CCCC)CCCC.[OH-]. The first-order chi connectivity index (χ1) is 11.2. The number of rotatable bonds is 17. The van der Waals surface area contributed by atoms with Gasteiger partial charge in [-0.25, -0.2) is 0 Å². The summed E-state index contributed by atoms with van der Waals surface area (Å²) in [6.45, 7) is 16.1. The van der Waals surface area contributed by atoms with E-state index in [0.717, 1.165) is 6.04 Å². The third-order valence-electron chi connectivity index (χ3n) is 5.66. The summed E-state index contributed by atoms with van der Waals surface area (Å²) in [6.07, 6.45) is 18.3. The average molecular weight is 344 g/mol. The highest BCUT2D eigenvalue weighted by Gasteiger charge is 2.34. The Hall–Kier alpha value is -0.0800. The van der Waals surface area contributed by atoms with E-state index in [2.05, 4.69) is 34.6 Å². The third kappa shape index (κ3) is 10.7. The van der Waals surface area contributed by atoms with Crippen molar-refractivity contribution in [2.75, 3.05) is 19.6 Å². The first-order valence-electron chi connectivity index (χ1n) is 11.1. The topological polar surface area (TPSA) is 30.0 Å². The van der Waals surface area contributed by atoms with Crippen LogP contribution in [0.15, 0.2) is 0 Å². The number of hydrogen-bond acceptors (Lipinski definition) is 1. The van der Waals surface area contributed by atoms with Crippen LogP contribution in [0.5, 0.6) is 0 Å². The van der Waals surface area contributed by atoms with Crippen LogP contribution >= 0.6 is 0 Å². The van der Waals surface area contributed by atoms with Crippen LogP contribution < -0.4 is 0 Å². The molecule has 0 heterocycles. The first kappa shape index (κ1) is 26.2. The summed E-state index contributed by atoms with van der Waals surface area (Å²) in [6, 6.07) is 0.932. The van der Waals surface area contributed by atoms with E-state index in [9.17, 15) is 0 Å². The quantitative estimate of drug-likeness (QED) is 0.203. The van der Waals surface area contributed by atoms with Crippen molar-refractivity contribution < 1.29 is 9.96 Å². The van der Waals surface area contributed by atoms with Crippen LogP contribution in [0.25, 0.3) is 0 Å². The van der Waals surface area contributed by atoms with Crippen LogP contribution in [0.4, 0.5) is 0 Å². The summed E-state index contributed by atoms with van der Waals surface area (Å²) >= 11 is 0. The predicted octanol–water partition coefficient (Wildman–Crippen LogP) is 7.17. The van der Waals surface area contributed by atoms with Gasteiger partial charge in [-0.15, -0.1) is 0 Å². The summed E-state index contributed by atoms with van der Waals surface area (Å²) in [5.74, 6) is 0. The van der Waals surface area contributed by atoms with Gasteiger partial charge in [0.15, 0.2) is 0 Å². The van der Waals surface area contributed by atoms with Gasteiger partial charge < -0.3 is 9.96 Å². The van der Waals surface area contributed by atoms with E-state index in [1.165, 1.54) is 108 Å². The zero-order valence-corrected chi connectivity index (χ0v) is 17.8. The van der Waals surface area contributed by atoms with Crippen LogP contribution in [0.1, 0.15) is 118 Å². The summed E-state index contributed by atoms with van der Waals surface area (Å²) in [7, 11) is 0. The minimum atomic E-state index is 0. The van der Waals surface area contributed by atoms with Crippen LogP contribution in [0.3, 0.4) is 0 Å². The van der Waals surface area contributed by atoms with Crippen molar-refractivity contribution >= 4 is 0 Å². The molecule has 0 aromatic heterocycles. The Morgan fingerprint density at radius 1 is 0.500 bits per heavy atom. The van der Waals surface area contributed by atoms with E-state index < -0.39 is 0 Å². The highest BCUT2D eigenvalue weighted by Crippen LogP contribution is 2.27. The third-order valence-corrected chi connectivity index (χ3v) is 5.66. The molecule has 0 bridgehead atoms. The number of nitrogens with zero attached hydrogens (tertiary/aromatic N) is 1. The molecular formula is C22H49NO. The lowest BCUT2D eigenvalue weighted by Crippen LogP contribution is -2.57. The van der Waals surface area contributed by atoms with Gasteiger partial charge in [0, 0.05) is 0 Å². The Bertz CT molecular complexity index is 220. The lowest BCUT2D eigenvalue weighted by Gasteiger charge is -2.46. The second-order valence-electron chi connectivity index (χ2n) is 7.74. The molecule has 0 aliphatic rings. The molecule has 0 saturated heterocycles. The van der Waals surface area contributed by atoms with E-state index in [-0.39, 0.29) is 5.48 Å². The first-order valence-corrected chi connectivity index (χ1v) is 11.1. The van der Waals surface area contributed by atoms with Crippen molar-refractivity contribution in [3.05, 3.63) is 0 Å². The highest BCUT2D eigenvalue weighted by atomic mass is 16.0. The monoisotopic (exact) mass is 343 g/mol. The Kier molecular flexibility index (Phi) is 19.3. The van der Waals surface area contributed by atoms with Crippen LogP contribution in [0, 0.1) is 0 Å². The summed E-state index contributed by atoms with van der Waals surface area (Å²) in [5.41, 5.74) is 0. The maximum absolute atomic E-state index is 2.40. The van der Waals surface area contributed by atoms with Crippen molar-refractivity contribution in [2.45, 2.75) is 124 Å². The Morgan fingerprint density at radius 3 is 1.33 bits per heavy atom. The van der Waals surface area contributed by atoms with E-state index in [0.29, 0.717) is 0 Å². The van der Waals surface area contributed by atoms with E-state index >= 15 is 0 Å². The molecule has 0 spiro atoms. The fourth-order valence-corrected chi connectivity index (χ4v) is 4.13. The van der Waals surface area contributed by atoms with Gasteiger partial charge in [-0.3, -0.25) is 0 Å². The van der Waals surface area contributed by atoms with Crippen molar-refractivity contribution in [3.8, 4) is 0 Å². The molecule has 148 valence electrons. The summed E-state index contributed by atoms with van der Waals surface area (Å²) < 4.78 is 1.45. The van der Waals surface area contributed by atoms with Gasteiger partial charge in [-0.1, -0.05) is 79.6 Å². The molecule has 0 aliphatic carbocycles. The van der Waals surface area contributed by atoms with Crippen LogP contribution in [-0.2, 0) is 0 Å². The van der Waals surface area contributed by atoms with E-state index in [4.69, 9.17) is 0 Å². The normalized spacial score (nSPS) is 12.9. The Morgan fingerprint density at radius 2 is 0.958 bits per heavy atom. The predicted molar refractivity (Wildman–Crippen MR) is 109 cm³/mol. The molecule has 0 radical (unpaired) electrons. The van der Waals surface area contributed by atoms with Crippen molar-refractivity contribution in [3.63, 3.8) is 0 Å². The molecule has 0 saturated carbocycles. The summed E-state index contributed by atoms with van der Waals surface area (Å²) in [4.78, 5) is 0. The molecule has 0 aromatic rings. The molecule has 24 heavy (non-hydrogen) atoms. The molecular weight excluding hydrogens is 294 g/mol. The Balaban J connectivity index is 0. The van der Waals surface area contributed by atoms with Crippen molar-refractivity contribution in [1.29, 1.82) is 0 Å². The highest BCUT2D eigenvalue weighted by molar-refractivity contribution is 4.64. The average Bonchev–Trinajstić information content (AvgIpc) is 2.57. The maximum atomic E-state index is 2.40. The second kappa shape index (κ2) is 17.7. The van der Waals surface area contributed by atoms with Gasteiger partial charge in [0.2, 0.25) is 0 Å². The summed E-state index contributed by atoms with van der Waals surface area (Å²) in [5, 5.41) is 0. The van der Waals surface area contributed by atoms with Gasteiger partial charge in [-0.05, 0) is 38.5 Å². The van der Waals surface area contributed by atoms with Gasteiger partial charge in [0.05, 0.1) is 25.7 Å². The molecule has 1 unspecified atom stereocenters. The lowest BCUT2D eigenvalue weighted by molar-refractivity contribution is -0.952. The maximum Gasteiger partial charge on any atom is 0.0890 e. The van der Waals surface area contributed by atoms with Gasteiger partial charge in [0.1, 0.15) is 0 Å². The molecule has 0 aromatic carbocycles. The van der Waals surface area contributed by atoms with E-state index in [1.807, 2.05) is 0 Å². The number of quaternary nitrogens is 1. The minimum absolute atomic E-state index is 0. The minimum Gasteiger partial charge on any atom is -0.870 e. The molecule has 1 N–H and O–H groups in total. The van der Waals surface area contributed by atoms with Crippen molar-refractivity contribution in [1.82, 2.24) is 0 Å². The van der Waals surface area contributed by atoms with E-state index in [1.54, 1.807) is 0 Å². The lowest BCUT2D eigenvalue weighted by atomic mass is 9.96. The smallest absolute Gasteiger partial charge is 0.0890 e. The fourth-order valence-electron chi connectivity index (χ4n) is 4.13. The number of hydrogen-bond donors (Lipinski definition) is 0. The van der Waals surface area contributed by atoms with Gasteiger partial charge in [-0.2, -0.15) is 0 Å². The molecule has 0 aliphatic heterocycles. The molecule has 0 amide bonds. The zero-order valence-electron chi connectivity index (χ0n) is 17.8. The van der Waals surface area contributed by atoms with Gasteiger partial charge >= 0.3 is 0 Å². The standard InChI is InChI=1S/C22H48N.H2O/c1-6-11-15-16-18-22(17-10-5)23(19-12-7-2,20-13-8-3)21-14-9-4;/h22H,6-21H2,1-5H3;1H2/q+1;/p-1. The molecule has 0 rings (SSSR count). The Labute approximate surface area is 154 Å². The molecule has 2 nitrogen and oxygen atoms in total. The molecule has 0 fully saturated rings. The van der Waals surface area contributed by atoms with Gasteiger partial charge in [0.25, 0.3) is 0 Å². The van der Waals surface area contributed by atoms with Crippen molar-refractivity contribution in [2.24, 2.45) is 0 Å².